The molecule has 9 nitrogen and oxygen atoms in total. The maximum Gasteiger partial charge on any atom is 0.305 e. The number of ketones is 1. The molecular weight excluding hydrogens is 492 g/mol. The first-order valence-electron chi connectivity index (χ1n) is 13.9. The molecule has 0 aromatic heterocycles. The lowest BCUT2D eigenvalue weighted by Crippen LogP contribution is -2.66. The van der Waals surface area contributed by atoms with Crippen LogP contribution < -0.4 is 0 Å². The summed E-state index contributed by atoms with van der Waals surface area (Å²) >= 11 is 0. The summed E-state index contributed by atoms with van der Waals surface area (Å²) in [6.07, 6.45) is 1.52. The van der Waals surface area contributed by atoms with Crippen LogP contribution in [0.4, 0.5) is 0 Å². The Kier molecular flexibility index (Phi) is 7.07. The number of fused-ring (bicyclic) bond motifs is 5. The van der Waals surface area contributed by atoms with E-state index in [-0.39, 0.29) is 43.8 Å². The van der Waals surface area contributed by atoms with Gasteiger partial charge < -0.3 is 35.4 Å². The molecule has 6 N–H and O–H groups in total. The smallest absolute Gasteiger partial charge is 0.305 e. The molecule has 9 heteroatoms. The Labute approximate surface area is 224 Å². The van der Waals surface area contributed by atoms with Gasteiger partial charge in [-0.05, 0) is 88.7 Å². The minimum absolute atomic E-state index is 0.0519. The Hall–Kier alpha value is -1.36. The third-order valence-corrected chi connectivity index (χ3v) is 11.0. The third kappa shape index (κ3) is 4.29. The van der Waals surface area contributed by atoms with Crippen molar-refractivity contribution in [3.63, 3.8) is 0 Å². The predicted octanol–water partition coefficient (Wildman–Crippen LogP) is 1.74. The topological polar surface area (TPSA) is 165 Å². The molecule has 3 fully saturated rings. The molecule has 0 radical (unpaired) electrons. The maximum absolute atomic E-state index is 13.4. The summed E-state index contributed by atoms with van der Waals surface area (Å²) in [7, 11) is 0. The molecule has 0 bridgehead atoms. The average Bonchev–Trinajstić information content (AvgIpc) is 3.05. The van der Waals surface area contributed by atoms with Gasteiger partial charge in [0.25, 0.3) is 0 Å². The second-order valence-corrected chi connectivity index (χ2v) is 13.9. The molecule has 4 rings (SSSR count). The SMILES string of the molecule is CC(=O)OC(O)(CCC(C)(C)O)[C@](C)(O)[C@H]1CC[C@@]2(O)C3=CC(=O)[C@@H]4C[C@@H](O)[C@@H](O)C[C@]4(C)[C@H]3CC[C@]12C. The monoisotopic (exact) mass is 538 g/mol. The minimum Gasteiger partial charge on any atom is -0.430 e. The van der Waals surface area contributed by atoms with E-state index in [1.54, 1.807) is 13.8 Å². The molecule has 10 atom stereocenters. The van der Waals surface area contributed by atoms with Crippen LogP contribution in [0.5, 0.6) is 0 Å². The highest BCUT2D eigenvalue weighted by molar-refractivity contribution is 5.95. The van der Waals surface area contributed by atoms with Gasteiger partial charge in [0.05, 0.1) is 23.4 Å². The van der Waals surface area contributed by atoms with Crippen molar-refractivity contribution in [1.29, 1.82) is 0 Å². The zero-order valence-corrected chi connectivity index (χ0v) is 23.5. The van der Waals surface area contributed by atoms with Crippen molar-refractivity contribution in [3.8, 4) is 0 Å². The molecule has 0 heterocycles. The highest BCUT2D eigenvalue weighted by Crippen LogP contribution is 2.69. The number of hydrogen-bond donors (Lipinski definition) is 6. The van der Waals surface area contributed by atoms with E-state index in [0.29, 0.717) is 24.8 Å². The van der Waals surface area contributed by atoms with Gasteiger partial charge in [0, 0.05) is 30.6 Å². The van der Waals surface area contributed by atoms with Crippen LogP contribution >= 0.6 is 0 Å². The van der Waals surface area contributed by atoms with Gasteiger partial charge in [0.2, 0.25) is 5.79 Å². The Bertz CT molecular complexity index is 1010. The lowest BCUT2D eigenvalue weighted by molar-refractivity contribution is -0.311. The minimum atomic E-state index is -2.31. The number of hydrogen-bond acceptors (Lipinski definition) is 9. The van der Waals surface area contributed by atoms with Crippen LogP contribution in [0.2, 0.25) is 0 Å². The molecule has 3 saturated carbocycles. The van der Waals surface area contributed by atoms with E-state index in [9.17, 15) is 40.2 Å². The quantitative estimate of drug-likeness (QED) is 0.218. The summed E-state index contributed by atoms with van der Waals surface area (Å²) in [6.45, 7) is 9.52. The van der Waals surface area contributed by atoms with Gasteiger partial charge in [0.15, 0.2) is 5.78 Å². The van der Waals surface area contributed by atoms with Gasteiger partial charge in [-0.3, -0.25) is 9.59 Å². The van der Waals surface area contributed by atoms with Gasteiger partial charge >= 0.3 is 5.97 Å². The van der Waals surface area contributed by atoms with E-state index in [1.807, 2.05) is 13.8 Å². The molecule has 0 spiro atoms. The zero-order chi connectivity index (χ0) is 28.7. The van der Waals surface area contributed by atoms with Crippen molar-refractivity contribution in [2.45, 2.75) is 128 Å². The lowest BCUT2D eigenvalue weighted by atomic mass is 9.45. The summed E-state index contributed by atoms with van der Waals surface area (Å²) in [5.41, 5.74) is -5.60. The van der Waals surface area contributed by atoms with Gasteiger partial charge in [-0.2, -0.15) is 0 Å². The van der Waals surface area contributed by atoms with Crippen molar-refractivity contribution in [1.82, 2.24) is 0 Å². The highest BCUT2D eigenvalue weighted by atomic mass is 16.7. The van der Waals surface area contributed by atoms with Crippen molar-refractivity contribution in [2.24, 2.45) is 28.6 Å². The highest BCUT2D eigenvalue weighted by Gasteiger charge is 2.71. The first-order valence-corrected chi connectivity index (χ1v) is 13.9. The summed E-state index contributed by atoms with van der Waals surface area (Å²) < 4.78 is 5.35. The Balaban J connectivity index is 1.73. The number of rotatable bonds is 6. The van der Waals surface area contributed by atoms with Gasteiger partial charge in [-0.25, -0.2) is 0 Å². The van der Waals surface area contributed by atoms with Crippen LogP contribution in [0.1, 0.15) is 92.9 Å². The summed E-state index contributed by atoms with van der Waals surface area (Å²) in [4.78, 5) is 25.4. The summed E-state index contributed by atoms with van der Waals surface area (Å²) in [6, 6.07) is 0. The van der Waals surface area contributed by atoms with Crippen molar-refractivity contribution < 1.29 is 45.0 Å². The van der Waals surface area contributed by atoms with Crippen molar-refractivity contribution in [2.75, 3.05) is 0 Å². The number of aliphatic hydroxyl groups excluding tert-OH is 2. The number of esters is 1. The maximum atomic E-state index is 13.4. The van der Waals surface area contributed by atoms with Gasteiger partial charge in [-0.15, -0.1) is 0 Å². The van der Waals surface area contributed by atoms with Crippen LogP contribution in [0.3, 0.4) is 0 Å². The largest absolute Gasteiger partial charge is 0.430 e. The predicted molar refractivity (Wildman–Crippen MR) is 137 cm³/mol. The number of carbonyl (C=O) groups is 2. The molecular formula is C29H46O9. The third-order valence-electron chi connectivity index (χ3n) is 11.0. The van der Waals surface area contributed by atoms with Crippen LogP contribution in [0.25, 0.3) is 0 Å². The fourth-order valence-corrected chi connectivity index (χ4v) is 8.66. The van der Waals surface area contributed by atoms with Crippen LogP contribution in [-0.4, -0.2) is 77.2 Å². The first kappa shape index (κ1) is 29.6. The van der Waals surface area contributed by atoms with Gasteiger partial charge in [-0.1, -0.05) is 13.8 Å². The molecule has 0 saturated heterocycles. The van der Waals surface area contributed by atoms with Crippen LogP contribution in [0, 0.1) is 28.6 Å². The average molecular weight is 539 g/mol. The number of aliphatic hydroxyl groups is 6. The first-order chi connectivity index (χ1) is 17.2. The van der Waals surface area contributed by atoms with E-state index < -0.39 is 63.4 Å². The molecule has 4 aliphatic rings. The summed E-state index contributed by atoms with van der Waals surface area (Å²) in [5, 5.41) is 67.1. The van der Waals surface area contributed by atoms with Crippen LogP contribution in [-0.2, 0) is 14.3 Å². The molecule has 38 heavy (non-hydrogen) atoms. The molecule has 4 aliphatic carbocycles. The summed E-state index contributed by atoms with van der Waals surface area (Å²) in [5.74, 6) is -4.59. The molecule has 216 valence electrons. The number of allylic oxidation sites excluding steroid dienone is 1. The van der Waals surface area contributed by atoms with E-state index in [0.717, 1.165) is 6.92 Å². The normalized spacial score (nSPS) is 44.2. The van der Waals surface area contributed by atoms with Crippen molar-refractivity contribution >= 4 is 11.8 Å². The Morgan fingerprint density at radius 3 is 2.24 bits per heavy atom. The van der Waals surface area contributed by atoms with E-state index >= 15 is 0 Å². The van der Waals surface area contributed by atoms with Crippen LogP contribution in [0.15, 0.2) is 11.6 Å². The van der Waals surface area contributed by atoms with E-state index in [1.165, 1.54) is 13.0 Å². The Morgan fingerprint density at radius 1 is 1.03 bits per heavy atom. The lowest BCUT2D eigenvalue weighted by Gasteiger charge is -2.61. The Morgan fingerprint density at radius 2 is 1.66 bits per heavy atom. The standard InChI is InChI=1S/C29H46O9/c1-16(30)38-29(37,12-11-24(2,3)34)27(6,35)23-8-10-28(36)18-13-20(31)19-14-21(32)22(33)15-25(19,4)17(18)7-9-26(23,28)5/h13,17,19,21-23,32-37H,7-12,14-15H2,1-6H3/t17-,19-,21+,22-,23-,25+,26+,27+,28+,29?/m0/s1. The number of carbonyl (C=O) groups excluding carboxylic acids is 2. The fraction of sp³-hybridized carbons (Fsp3) is 0.862. The van der Waals surface area contributed by atoms with Crippen molar-refractivity contribution in [3.05, 3.63) is 11.6 Å². The zero-order valence-electron chi connectivity index (χ0n) is 23.5. The second-order valence-electron chi connectivity index (χ2n) is 13.9. The molecule has 0 amide bonds. The van der Waals surface area contributed by atoms with Gasteiger partial charge in [0.1, 0.15) is 5.60 Å². The molecule has 0 aliphatic heterocycles. The molecule has 1 unspecified atom stereocenters. The fourth-order valence-electron chi connectivity index (χ4n) is 8.66. The molecule has 0 aromatic carbocycles. The van der Waals surface area contributed by atoms with E-state index in [2.05, 4.69) is 0 Å². The second kappa shape index (κ2) is 9.08. The number of ether oxygens (including phenoxy) is 1. The molecule has 0 aromatic rings. The van der Waals surface area contributed by atoms with E-state index in [4.69, 9.17) is 4.74 Å².